The van der Waals surface area contributed by atoms with Gasteiger partial charge in [0.1, 0.15) is 5.82 Å². The van der Waals surface area contributed by atoms with Gasteiger partial charge in [0.25, 0.3) is 0 Å². The van der Waals surface area contributed by atoms with Gasteiger partial charge in [-0.1, -0.05) is 18.2 Å². The monoisotopic (exact) mass is 299 g/mol. The number of thioether (sulfide) groups is 1. The molecule has 0 spiro atoms. The molecule has 0 bridgehead atoms. The second kappa shape index (κ2) is 6.96. The molecule has 2 heterocycles. The van der Waals surface area contributed by atoms with E-state index in [0.29, 0.717) is 5.82 Å². The van der Waals surface area contributed by atoms with Crippen LogP contribution >= 0.6 is 11.8 Å². The van der Waals surface area contributed by atoms with Crippen LogP contribution in [0, 0.1) is 5.92 Å². The predicted molar refractivity (Wildman–Crippen MR) is 89.2 cm³/mol. The molecule has 1 aromatic carbocycles. The molecule has 2 N–H and O–H groups in total. The molecule has 1 saturated heterocycles. The summed E-state index contributed by atoms with van der Waals surface area (Å²) in [5.74, 6) is 2.61. The molecule has 0 unspecified atom stereocenters. The van der Waals surface area contributed by atoms with Gasteiger partial charge in [-0.25, -0.2) is 4.98 Å². The average Bonchev–Trinajstić information content (AvgIpc) is 2.94. The molecule has 3 nitrogen and oxygen atoms in total. The Morgan fingerprint density at radius 3 is 2.90 bits per heavy atom. The van der Waals surface area contributed by atoms with Crippen LogP contribution in [0.15, 0.2) is 53.6 Å². The summed E-state index contributed by atoms with van der Waals surface area (Å²) in [5.41, 5.74) is 7.00. The van der Waals surface area contributed by atoms with Crippen molar-refractivity contribution in [3.8, 4) is 0 Å². The van der Waals surface area contributed by atoms with Crippen LogP contribution < -0.4 is 5.73 Å². The van der Waals surface area contributed by atoms with Gasteiger partial charge in [-0.3, -0.25) is 4.90 Å². The number of nitrogens with zero attached hydrogens (tertiary/aromatic N) is 2. The van der Waals surface area contributed by atoms with E-state index in [1.807, 2.05) is 17.8 Å². The quantitative estimate of drug-likeness (QED) is 0.860. The first-order chi connectivity index (χ1) is 10.3. The second-order valence-electron chi connectivity index (χ2n) is 5.60. The molecule has 3 rings (SSSR count). The summed E-state index contributed by atoms with van der Waals surface area (Å²) < 4.78 is 0. The van der Waals surface area contributed by atoms with E-state index in [9.17, 15) is 0 Å². The molecule has 1 aromatic heterocycles. The third kappa shape index (κ3) is 4.22. The maximum absolute atomic E-state index is 5.74. The highest BCUT2D eigenvalue weighted by Gasteiger charge is 2.22. The van der Waals surface area contributed by atoms with Gasteiger partial charge < -0.3 is 5.73 Å². The topological polar surface area (TPSA) is 42.1 Å². The molecule has 0 saturated carbocycles. The highest BCUT2D eigenvalue weighted by atomic mass is 32.2. The van der Waals surface area contributed by atoms with Gasteiger partial charge in [0.15, 0.2) is 0 Å². The van der Waals surface area contributed by atoms with Crippen LogP contribution in [-0.2, 0) is 6.54 Å². The second-order valence-corrected chi connectivity index (χ2v) is 6.70. The maximum Gasteiger partial charge on any atom is 0.123 e. The van der Waals surface area contributed by atoms with E-state index in [1.165, 1.54) is 35.7 Å². The van der Waals surface area contributed by atoms with E-state index < -0.39 is 0 Å². The molecule has 4 heteroatoms. The zero-order chi connectivity index (χ0) is 14.5. The summed E-state index contributed by atoms with van der Waals surface area (Å²) in [6, 6.07) is 14.7. The van der Waals surface area contributed by atoms with E-state index in [4.69, 9.17) is 5.73 Å². The van der Waals surface area contributed by atoms with E-state index in [0.717, 1.165) is 12.5 Å². The zero-order valence-electron chi connectivity index (χ0n) is 12.1. The Labute approximate surface area is 130 Å². The third-order valence-electron chi connectivity index (χ3n) is 3.85. The highest BCUT2D eigenvalue weighted by Crippen LogP contribution is 2.26. The number of hydrogen-bond donors (Lipinski definition) is 1. The SMILES string of the molecule is Nc1cc(CN2CC[C@H](CSc3ccccc3)C2)ccn1. The molecule has 1 aliphatic rings. The van der Waals surface area contributed by atoms with E-state index in [-0.39, 0.29) is 0 Å². The molecule has 0 amide bonds. The molecule has 110 valence electrons. The number of benzene rings is 1. The molecule has 0 aliphatic carbocycles. The van der Waals surface area contributed by atoms with Crippen LogP contribution in [0.2, 0.25) is 0 Å². The number of anilines is 1. The molecule has 21 heavy (non-hydrogen) atoms. The molecule has 0 radical (unpaired) electrons. The Morgan fingerprint density at radius 2 is 2.10 bits per heavy atom. The van der Waals surface area contributed by atoms with Crippen molar-refractivity contribution >= 4 is 17.6 Å². The summed E-state index contributed by atoms with van der Waals surface area (Å²) in [6.45, 7) is 3.35. The molecule has 1 atom stereocenters. The number of likely N-dealkylation sites (tertiary alicyclic amines) is 1. The molecular weight excluding hydrogens is 278 g/mol. The summed E-state index contributed by atoms with van der Waals surface area (Å²) in [5, 5.41) is 0. The Kier molecular flexibility index (Phi) is 4.78. The minimum Gasteiger partial charge on any atom is -0.384 e. The van der Waals surface area contributed by atoms with Gasteiger partial charge in [0.05, 0.1) is 0 Å². The number of nitrogen functional groups attached to an aromatic ring is 1. The van der Waals surface area contributed by atoms with Crippen molar-refractivity contribution in [1.29, 1.82) is 0 Å². The van der Waals surface area contributed by atoms with Gasteiger partial charge in [0, 0.05) is 29.9 Å². The van der Waals surface area contributed by atoms with Gasteiger partial charge in [0.2, 0.25) is 0 Å². The normalized spacial score (nSPS) is 19.0. The van der Waals surface area contributed by atoms with Crippen molar-refractivity contribution in [3.05, 3.63) is 54.2 Å². The van der Waals surface area contributed by atoms with Crippen molar-refractivity contribution < 1.29 is 0 Å². The Bertz CT molecular complexity index is 573. The Balaban J connectivity index is 1.47. The van der Waals surface area contributed by atoms with Crippen LogP contribution in [0.5, 0.6) is 0 Å². The molecule has 1 aliphatic heterocycles. The van der Waals surface area contributed by atoms with Gasteiger partial charge in [-0.05, 0) is 48.7 Å². The molecule has 2 aromatic rings. The lowest BCUT2D eigenvalue weighted by atomic mass is 10.2. The fraction of sp³-hybridized carbons (Fsp3) is 0.353. The smallest absolute Gasteiger partial charge is 0.123 e. The van der Waals surface area contributed by atoms with Crippen molar-refractivity contribution in [3.63, 3.8) is 0 Å². The summed E-state index contributed by atoms with van der Waals surface area (Å²) >= 11 is 1.97. The number of rotatable bonds is 5. The van der Waals surface area contributed by atoms with Crippen LogP contribution in [0.3, 0.4) is 0 Å². The fourth-order valence-electron chi connectivity index (χ4n) is 2.77. The number of pyridine rings is 1. The number of hydrogen-bond acceptors (Lipinski definition) is 4. The average molecular weight is 299 g/mol. The van der Waals surface area contributed by atoms with E-state index in [1.54, 1.807) is 6.20 Å². The van der Waals surface area contributed by atoms with Crippen LogP contribution in [0.4, 0.5) is 5.82 Å². The minimum absolute atomic E-state index is 0.614. The van der Waals surface area contributed by atoms with Crippen molar-refractivity contribution in [2.75, 3.05) is 24.6 Å². The summed E-state index contributed by atoms with van der Waals surface area (Å²) in [4.78, 5) is 7.94. The van der Waals surface area contributed by atoms with Crippen molar-refractivity contribution in [2.24, 2.45) is 5.92 Å². The van der Waals surface area contributed by atoms with E-state index >= 15 is 0 Å². The van der Waals surface area contributed by atoms with Crippen LogP contribution in [-0.4, -0.2) is 28.7 Å². The van der Waals surface area contributed by atoms with Gasteiger partial charge >= 0.3 is 0 Å². The first-order valence-corrected chi connectivity index (χ1v) is 8.39. The first-order valence-electron chi connectivity index (χ1n) is 7.40. The first kappa shape index (κ1) is 14.4. The largest absolute Gasteiger partial charge is 0.384 e. The maximum atomic E-state index is 5.74. The Hall–Kier alpha value is -1.52. The number of nitrogens with two attached hydrogens (primary N) is 1. The zero-order valence-corrected chi connectivity index (χ0v) is 12.9. The summed E-state index contributed by atoms with van der Waals surface area (Å²) in [6.07, 6.45) is 3.09. The van der Waals surface area contributed by atoms with Crippen LogP contribution in [0.25, 0.3) is 0 Å². The van der Waals surface area contributed by atoms with Crippen molar-refractivity contribution in [1.82, 2.24) is 9.88 Å². The lowest BCUT2D eigenvalue weighted by Gasteiger charge is -2.16. The Morgan fingerprint density at radius 1 is 1.24 bits per heavy atom. The number of aromatic nitrogens is 1. The lowest BCUT2D eigenvalue weighted by Crippen LogP contribution is -2.20. The highest BCUT2D eigenvalue weighted by molar-refractivity contribution is 7.99. The molecule has 1 fully saturated rings. The minimum atomic E-state index is 0.614. The van der Waals surface area contributed by atoms with Gasteiger partial charge in [-0.2, -0.15) is 0 Å². The van der Waals surface area contributed by atoms with E-state index in [2.05, 4.69) is 46.3 Å². The van der Waals surface area contributed by atoms with Crippen molar-refractivity contribution in [2.45, 2.75) is 17.9 Å². The molecular formula is C17H21N3S. The summed E-state index contributed by atoms with van der Waals surface area (Å²) in [7, 11) is 0. The fourth-order valence-corrected chi connectivity index (χ4v) is 3.82. The van der Waals surface area contributed by atoms with Gasteiger partial charge in [-0.15, -0.1) is 11.8 Å². The third-order valence-corrected chi connectivity index (χ3v) is 5.09. The lowest BCUT2D eigenvalue weighted by molar-refractivity contribution is 0.321. The predicted octanol–water partition coefficient (Wildman–Crippen LogP) is 3.28. The standard InChI is InChI=1S/C17H21N3S/c18-17-10-14(6-8-19-17)11-20-9-7-15(12-20)13-21-16-4-2-1-3-5-16/h1-6,8,10,15H,7,9,11-13H2,(H2,18,19)/t15-/m0/s1. The van der Waals surface area contributed by atoms with Crippen LogP contribution in [0.1, 0.15) is 12.0 Å².